The molecule has 0 aromatic rings. The molecule has 0 N–H and O–H groups in total. The van der Waals surface area contributed by atoms with Gasteiger partial charge in [-0.3, -0.25) is 4.90 Å². The Morgan fingerprint density at radius 3 is 2.42 bits per heavy atom. The number of hydrogen-bond acceptors (Lipinski definition) is 2. The summed E-state index contributed by atoms with van der Waals surface area (Å²) >= 11 is 0. The van der Waals surface area contributed by atoms with Crippen LogP contribution in [0.3, 0.4) is 0 Å². The molecule has 4 heteroatoms. The maximum atomic E-state index is 12.9. The van der Waals surface area contributed by atoms with Gasteiger partial charge < -0.3 is 4.74 Å². The SMILES string of the molecule is COCC1(C)CC(F)(F)CN1C. The van der Waals surface area contributed by atoms with Crippen molar-refractivity contribution < 1.29 is 13.5 Å². The van der Waals surface area contributed by atoms with Gasteiger partial charge in [-0.25, -0.2) is 8.78 Å². The zero-order valence-electron chi connectivity index (χ0n) is 7.73. The number of ether oxygens (including phenoxy) is 1. The monoisotopic (exact) mass is 179 g/mol. The molecule has 72 valence electrons. The van der Waals surface area contributed by atoms with Gasteiger partial charge in [0, 0.05) is 19.1 Å². The lowest BCUT2D eigenvalue weighted by molar-refractivity contribution is 0.00984. The Balaban J connectivity index is 2.67. The fraction of sp³-hybridized carbons (Fsp3) is 1.00. The standard InChI is InChI=1S/C8H15F2NO/c1-7(6-12-3)4-8(9,10)5-11(7)2/h4-6H2,1-3H3. The lowest BCUT2D eigenvalue weighted by Crippen LogP contribution is -2.42. The summed E-state index contributed by atoms with van der Waals surface area (Å²) in [6.07, 6.45) is -0.107. The Hall–Kier alpha value is -0.220. The predicted octanol–water partition coefficient (Wildman–Crippen LogP) is 1.36. The molecular weight excluding hydrogens is 164 g/mol. The molecule has 0 amide bonds. The van der Waals surface area contributed by atoms with Gasteiger partial charge in [-0.05, 0) is 14.0 Å². The smallest absolute Gasteiger partial charge is 0.262 e. The molecule has 0 spiro atoms. The molecule has 1 atom stereocenters. The summed E-state index contributed by atoms with van der Waals surface area (Å²) in [6.45, 7) is 2.00. The molecule has 0 aromatic carbocycles. The van der Waals surface area contributed by atoms with Gasteiger partial charge in [0.15, 0.2) is 0 Å². The van der Waals surface area contributed by atoms with E-state index in [1.54, 1.807) is 18.9 Å². The summed E-state index contributed by atoms with van der Waals surface area (Å²) in [4.78, 5) is 1.66. The van der Waals surface area contributed by atoms with Crippen molar-refractivity contribution in [2.24, 2.45) is 0 Å². The molecule has 0 radical (unpaired) electrons. The molecule has 1 fully saturated rings. The molecular formula is C8H15F2NO. The van der Waals surface area contributed by atoms with E-state index in [-0.39, 0.29) is 13.0 Å². The van der Waals surface area contributed by atoms with Gasteiger partial charge >= 0.3 is 0 Å². The molecule has 0 bridgehead atoms. The zero-order valence-corrected chi connectivity index (χ0v) is 7.73. The first-order valence-corrected chi connectivity index (χ1v) is 3.98. The van der Waals surface area contributed by atoms with E-state index < -0.39 is 11.5 Å². The van der Waals surface area contributed by atoms with E-state index in [1.807, 2.05) is 0 Å². The van der Waals surface area contributed by atoms with E-state index in [9.17, 15) is 8.78 Å². The van der Waals surface area contributed by atoms with E-state index in [0.29, 0.717) is 6.61 Å². The van der Waals surface area contributed by atoms with E-state index in [1.165, 1.54) is 7.11 Å². The van der Waals surface area contributed by atoms with Crippen LogP contribution in [0.1, 0.15) is 13.3 Å². The fourth-order valence-corrected chi connectivity index (χ4v) is 1.76. The molecule has 0 aliphatic carbocycles. The van der Waals surface area contributed by atoms with Gasteiger partial charge in [-0.1, -0.05) is 0 Å². The Morgan fingerprint density at radius 2 is 2.08 bits per heavy atom. The quantitative estimate of drug-likeness (QED) is 0.634. The van der Waals surface area contributed by atoms with Gasteiger partial charge in [0.05, 0.1) is 13.2 Å². The van der Waals surface area contributed by atoms with Crippen molar-refractivity contribution in [2.45, 2.75) is 24.8 Å². The number of alkyl halides is 2. The average Bonchev–Trinajstić information content (AvgIpc) is 2.02. The molecule has 1 aliphatic heterocycles. The highest BCUT2D eigenvalue weighted by Gasteiger charge is 2.50. The number of likely N-dealkylation sites (N-methyl/N-ethyl adjacent to an activating group) is 1. The highest BCUT2D eigenvalue weighted by atomic mass is 19.3. The van der Waals surface area contributed by atoms with Crippen LogP contribution in [0.4, 0.5) is 8.78 Å². The number of halogens is 2. The first kappa shape index (κ1) is 9.86. The normalized spacial score (nSPS) is 35.8. The van der Waals surface area contributed by atoms with E-state index in [4.69, 9.17) is 4.74 Å². The highest BCUT2D eigenvalue weighted by molar-refractivity contribution is 4.98. The molecule has 2 nitrogen and oxygen atoms in total. The third-order valence-corrected chi connectivity index (χ3v) is 2.48. The zero-order chi connectivity index (χ0) is 9.41. The second kappa shape index (κ2) is 2.92. The number of methoxy groups -OCH3 is 1. The Morgan fingerprint density at radius 1 is 1.50 bits per heavy atom. The van der Waals surface area contributed by atoms with Crippen molar-refractivity contribution in [3.05, 3.63) is 0 Å². The van der Waals surface area contributed by atoms with Gasteiger partial charge in [-0.2, -0.15) is 0 Å². The predicted molar refractivity (Wildman–Crippen MR) is 42.5 cm³/mol. The van der Waals surface area contributed by atoms with Crippen molar-refractivity contribution in [1.82, 2.24) is 4.90 Å². The maximum Gasteiger partial charge on any atom is 0.262 e. The minimum absolute atomic E-state index is 0.107. The maximum absolute atomic E-state index is 12.9. The van der Waals surface area contributed by atoms with E-state index in [2.05, 4.69) is 0 Å². The van der Waals surface area contributed by atoms with Crippen LogP contribution in [-0.2, 0) is 4.74 Å². The molecule has 0 saturated carbocycles. The topological polar surface area (TPSA) is 12.5 Å². The minimum Gasteiger partial charge on any atom is -0.383 e. The summed E-state index contributed by atoms with van der Waals surface area (Å²) in [6, 6.07) is 0. The second-order valence-corrected chi connectivity index (χ2v) is 3.82. The van der Waals surface area contributed by atoms with E-state index in [0.717, 1.165) is 0 Å². The summed E-state index contributed by atoms with van der Waals surface area (Å²) in [5.41, 5.74) is -0.502. The van der Waals surface area contributed by atoms with Crippen LogP contribution in [0.25, 0.3) is 0 Å². The molecule has 1 heterocycles. The summed E-state index contributed by atoms with van der Waals surface area (Å²) in [7, 11) is 3.25. The second-order valence-electron chi connectivity index (χ2n) is 3.82. The van der Waals surface area contributed by atoms with Gasteiger partial charge in [0.2, 0.25) is 0 Å². The molecule has 12 heavy (non-hydrogen) atoms. The van der Waals surface area contributed by atoms with Crippen LogP contribution in [0.2, 0.25) is 0 Å². The van der Waals surface area contributed by atoms with Crippen molar-refractivity contribution in [3.8, 4) is 0 Å². The number of hydrogen-bond donors (Lipinski definition) is 0. The first-order valence-electron chi connectivity index (χ1n) is 3.98. The lowest BCUT2D eigenvalue weighted by atomic mass is 9.99. The molecule has 1 aliphatic rings. The average molecular weight is 179 g/mol. The van der Waals surface area contributed by atoms with Crippen LogP contribution < -0.4 is 0 Å². The van der Waals surface area contributed by atoms with Gasteiger partial charge in [0.25, 0.3) is 5.92 Å². The fourth-order valence-electron chi connectivity index (χ4n) is 1.76. The van der Waals surface area contributed by atoms with Crippen molar-refractivity contribution in [3.63, 3.8) is 0 Å². The van der Waals surface area contributed by atoms with Crippen LogP contribution in [0.5, 0.6) is 0 Å². The number of nitrogens with zero attached hydrogens (tertiary/aromatic N) is 1. The van der Waals surface area contributed by atoms with Gasteiger partial charge in [-0.15, -0.1) is 0 Å². The number of rotatable bonds is 2. The minimum atomic E-state index is -2.55. The van der Waals surface area contributed by atoms with Crippen LogP contribution >= 0.6 is 0 Å². The third kappa shape index (κ3) is 1.75. The summed E-state index contributed by atoms with van der Waals surface area (Å²) < 4.78 is 30.8. The lowest BCUT2D eigenvalue weighted by Gasteiger charge is -2.30. The summed E-state index contributed by atoms with van der Waals surface area (Å²) in [5.74, 6) is -2.55. The van der Waals surface area contributed by atoms with Crippen LogP contribution in [0.15, 0.2) is 0 Å². The third-order valence-electron chi connectivity index (χ3n) is 2.48. The van der Waals surface area contributed by atoms with Crippen molar-refractivity contribution in [1.29, 1.82) is 0 Å². The van der Waals surface area contributed by atoms with E-state index >= 15 is 0 Å². The molecule has 1 unspecified atom stereocenters. The van der Waals surface area contributed by atoms with Crippen LogP contribution in [-0.4, -0.2) is 43.7 Å². The van der Waals surface area contributed by atoms with Crippen LogP contribution in [0, 0.1) is 0 Å². The van der Waals surface area contributed by atoms with Gasteiger partial charge in [0.1, 0.15) is 0 Å². The number of likely N-dealkylation sites (tertiary alicyclic amines) is 1. The molecule has 0 aromatic heterocycles. The first-order chi connectivity index (χ1) is 5.40. The largest absolute Gasteiger partial charge is 0.383 e. The summed E-state index contributed by atoms with van der Waals surface area (Å²) in [5, 5.41) is 0. The Bertz CT molecular complexity index is 174. The van der Waals surface area contributed by atoms with Crippen molar-refractivity contribution >= 4 is 0 Å². The molecule has 1 saturated heterocycles. The Kier molecular flexibility index (Phi) is 2.40. The highest BCUT2D eigenvalue weighted by Crippen LogP contribution is 2.38. The Labute approximate surface area is 71.5 Å². The van der Waals surface area contributed by atoms with Crippen molar-refractivity contribution in [2.75, 3.05) is 27.3 Å². The molecule has 1 rings (SSSR count).